The summed E-state index contributed by atoms with van der Waals surface area (Å²) in [5, 5.41) is 29.9. The monoisotopic (exact) mass is 446 g/mol. The number of hydrogen-bond donors (Lipinski definition) is 2. The lowest BCUT2D eigenvalue weighted by Gasteiger charge is -2.25. The summed E-state index contributed by atoms with van der Waals surface area (Å²) in [5.74, 6) is -0.461. The van der Waals surface area contributed by atoms with Crippen LogP contribution in [0.1, 0.15) is 61.3 Å². The zero-order chi connectivity index (χ0) is 22.8. The van der Waals surface area contributed by atoms with E-state index in [0.29, 0.717) is 23.6 Å². The number of fused-ring (bicyclic) bond motifs is 1. The predicted molar refractivity (Wildman–Crippen MR) is 113 cm³/mol. The average Bonchev–Trinajstić information content (AvgIpc) is 3.17. The second-order valence-electron chi connectivity index (χ2n) is 7.80. The molecule has 170 valence electrons. The molecule has 1 aliphatic rings. The maximum absolute atomic E-state index is 13.0. The molecule has 3 aromatic rings. The van der Waals surface area contributed by atoms with E-state index >= 15 is 0 Å². The molecular formula is C22H24F2N4O4. The van der Waals surface area contributed by atoms with E-state index in [0.717, 1.165) is 37.1 Å². The fraction of sp³-hybridized carbons (Fsp3) is 0.409. The highest BCUT2D eigenvalue weighted by Gasteiger charge is 2.26. The van der Waals surface area contributed by atoms with Gasteiger partial charge in [-0.2, -0.15) is 18.6 Å². The maximum Gasteiger partial charge on any atom is 0.322 e. The van der Waals surface area contributed by atoms with Crippen molar-refractivity contribution in [3.05, 3.63) is 53.1 Å². The Kier molecular flexibility index (Phi) is 6.22. The smallest absolute Gasteiger partial charge is 0.322 e. The fourth-order valence-corrected chi connectivity index (χ4v) is 3.98. The number of nitrogens with one attached hydrogen (secondary N) is 1. The van der Waals surface area contributed by atoms with Gasteiger partial charge in [0.25, 0.3) is 11.4 Å². The van der Waals surface area contributed by atoms with E-state index in [1.54, 1.807) is 19.1 Å². The molecule has 4 rings (SSSR count). The Morgan fingerprint density at radius 1 is 1.34 bits per heavy atom. The fourth-order valence-electron chi connectivity index (χ4n) is 3.98. The number of ether oxygens (including phenoxy) is 1. The Morgan fingerprint density at radius 3 is 2.78 bits per heavy atom. The first kappa shape index (κ1) is 21.9. The van der Waals surface area contributed by atoms with E-state index in [9.17, 15) is 23.9 Å². The van der Waals surface area contributed by atoms with Gasteiger partial charge >= 0.3 is 12.3 Å². The Morgan fingerprint density at radius 2 is 2.09 bits per heavy atom. The molecule has 1 aliphatic carbocycles. The molecule has 32 heavy (non-hydrogen) atoms. The van der Waals surface area contributed by atoms with E-state index in [2.05, 4.69) is 10.4 Å². The van der Waals surface area contributed by atoms with Crippen LogP contribution < -0.4 is 14.8 Å². The van der Waals surface area contributed by atoms with Gasteiger partial charge in [-0.25, -0.2) is 0 Å². The first-order chi connectivity index (χ1) is 15.4. The van der Waals surface area contributed by atoms with Gasteiger partial charge in [0, 0.05) is 29.8 Å². The van der Waals surface area contributed by atoms with Crippen LogP contribution in [0.25, 0.3) is 10.9 Å². The summed E-state index contributed by atoms with van der Waals surface area (Å²) in [4.78, 5) is 12.7. The molecule has 0 bridgehead atoms. The summed E-state index contributed by atoms with van der Waals surface area (Å²) >= 11 is 0. The van der Waals surface area contributed by atoms with Crippen molar-refractivity contribution in [2.45, 2.75) is 51.2 Å². The lowest BCUT2D eigenvalue weighted by molar-refractivity contribution is -0.621. The van der Waals surface area contributed by atoms with Crippen LogP contribution in [0.3, 0.4) is 0 Å². The van der Waals surface area contributed by atoms with Crippen molar-refractivity contribution < 1.29 is 28.1 Å². The van der Waals surface area contributed by atoms with Gasteiger partial charge in [-0.3, -0.25) is 9.48 Å². The third kappa shape index (κ3) is 4.36. The molecule has 2 aromatic heterocycles. The highest BCUT2D eigenvalue weighted by molar-refractivity contribution is 6.04. The molecular weight excluding hydrogens is 422 g/mol. The second kappa shape index (κ2) is 9.07. The molecule has 0 unspecified atom stereocenters. The molecule has 0 saturated heterocycles. The number of aromatic nitrogens is 3. The number of carbonyl (C=O) groups excluding carboxylic acids is 1. The van der Waals surface area contributed by atoms with Gasteiger partial charge in [-0.1, -0.05) is 0 Å². The van der Waals surface area contributed by atoms with E-state index in [-0.39, 0.29) is 16.9 Å². The molecule has 2 heterocycles. The normalized spacial score (nSPS) is 18.8. The topological polar surface area (TPSA) is 103 Å². The molecule has 0 atom stereocenters. The van der Waals surface area contributed by atoms with E-state index in [1.165, 1.54) is 12.1 Å². The molecule has 1 amide bonds. The van der Waals surface area contributed by atoms with Crippen molar-refractivity contribution in [3.63, 3.8) is 0 Å². The molecule has 10 heteroatoms. The van der Waals surface area contributed by atoms with Crippen LogP contribution in [0, 0.1) is 5.21 Å². The summed E-state index contributed by atoms with van der Waals surface area (Å²) in [7, 11) is 0. The summed E-state index contributed by atoms with van der Waals surface area (Å²) in [6.45, 7) is 2.12. The summed E-state index contributed by atoms with van der Waals surface area (Å²) < 4.78 is 33.5. The lowest BCUT2D eigenvalue weighted by Crippen LogP contribution is -2.40. The second-order valence-corrected chi connectivity index (χ2v) is 7.80. The average molecular weight is 446 g/mol. The number of nitrogens with zero attached hydrogens (tertiary/aromatic N) is 3. The third-order valence-corrected chi connectivity index (χ3v) is 5.64. The van der Waals surface area contributed by atoms with Gasteiger partial charge < -0.3 is 20.4 Å². The molecule has 0 aliphatic heterocycles. The number of hydrogen-bond acceptors (Lipinski definition) is 5. The van der Waals surface area contributed by atoms with E-state index < -0.39 is 23.7 Å². The number of aliphatic hydroxyl groups excluding tert-OH is 1. The number of rotatable bonds is 6. The van der Waals surface area contributed by atoms with Crippen LogP contribution in [0.5, 0.6) is 5.75 Å². The van der Waals surface area contributed by atoms with Crippen molar-refractivity contribution in [2.24, 2.45) is 0 Å². The molecule has 1 fully saturated rings. The molecule has 1 aromatic carbocycles. The molecule has 2 N–H and O–H groups in total. The van der Waals surface area contributed by atoms with Gasteiger partial charge in [0.1, 0.15) is 5.75 Å². The number of anilines is 1. The lowest BCUT2D eigenvalue weighted by atomic mass is 9.93. The molecule has 1 saturated carbocycles. The minimum Gasteiger partial charge on any atom is -0.618 e. The third-order valence-electron chi connectivity index (χ3n) is 5.64. The zero-order valence-corrected chi connectivity index (χ0v) is 17.5. The van der Waals surface area contributed by atoms with Crippen molar-refractivity contribution in [1.29, 1.82) is 0 Å². The standard InChI is InChI=1S/C22H24F2N4O4/c1-2-32-20-11-16-13(12-27(26-16)14-6-8-15(29)9-7-14)10-17(20)25-22(30)19-5-3-4-18(21(23)24)28(19)31/h3-5,10-12,14-15,21,29H,2,6-9H2,1H3,(H,25,30). The van der Waals surface area contributed by atoms with Crippen LogP contribution in [-0.4, -0.2) is 33.5 Å². The Labute approximate surface area is 183 Å². The Bertz CT molecular complexity index is 1130. The number of halogens is 2. The SMILES string of the molecule is CCOc1cc2nn(C3CCC(O)CC3)cc2cc1NC(=O)c1cccc(C(F)F)[n+]1[O-]. The van der Waals surface area contributed by atoms with Crippen LogP contribution in [0.4, 0.5) is 14.5 Å². The first-order valence-electron chi connectivity index (χ1n) is 10.5. The van der Waals surface area contributed by atoms with Crippen LogP contribution in [0.15, 0.2) is 36.5 Å². The van der Waals surface area contributed by atoms with Crippen LogP contribution in [0.2, 0.25) is 0 Å². The minimum atomic E-state index is -3.00. The van der Waals surface area contributed by atoms with Crippen molar-refractivity contribution in [2.75, 3.05) is 11.9 Å². The van der Waals surface area contributed by atoms with E-state index in [1.807, 2.05) is 10.9 Å². The van der Waals surface area contributed by atoms with Crippen molar-refractivity contribution >= 4 is 22.5 Å². The van der Waals surface area contributed by atoms with Crippen molar-refractivity contribution in [1.82, 2.24) is 9.78 Å². The molecule has 0 spiro atoms. The van der Waals surface area contributed by atoms with Gasteiger partial charge in [0.05, 0.1) is 30.0 Å². The molecule has 0 radical (unpaired) electrons. The highest BCUT2D eigenvalue weighted by Crippen LogP contribution is 2.33. The molecule has 8 nitrogen and oxygen atoms in total. The Hall–Kier alpha value is -3.27. The zero-order valence-electron chi connectivity index (χ0n) is 17.5. The van der Waals surface area contributed by atoms with Gasteiger partial charge in [-0.15, -0.1) is 0 Å². The van der Waals surface area contributed by atoms with Crippen molar-refractivity contribution in [3.8, 4) is 5.75 Å². The number of amides is 1. The summed E-state index contributed by atoms with van der Waals surface area (Å²) in [6.07, 6.45) is 1.69. The number of aliphatic hydroxyl groups is 1. The van der Waals surface area contributed by atoms with Crippen LogP contribution >= 0.6 is 0 Å². The van der Waals surface area contributed by atoms with Gasteiger partial charge in [0.15, 0.2) is 0 Å². The predicted octanol–water partition coefficient (Wildman–Crippen LogP) is 3.73. The Balaban J connectivity index is 1.65. The highest BCUT2D eigenvalue weighted by atomic mass is 19.3. The van der Waals surface area contributed by atoms with Crippen LogP contribution in [-0.2, 0) is 0 Å². The number of carbonyl (C=O) groups is 1. The largest absolute Gasteiger partial charge is 0.618 e. The first-order valence-corrected chi connectivity index (χ1v) is 10.5. The van der Waals surface area contributed by atoms with E-state index in [4.69, 9.17) is 4.74 Å². The summed E-state index contributed by atoms with van der Waals surface area (Å²) in [5.41, 5.74) is -0.250. The maximum atomic E-state index is 13.0. The summed E-state index contributed by atoms with van der Waals surface area (Å²) in [6, 6.07) is 6.96. The van der Waals surface area contributed by atoms with Gasteiger partial charge in [-0.05, 0) is 44.7 Å². The quantitative estimate of drug-likeness (QED) is 0.444. The van der Waals surface area contributed by atoms with Gasteiger partial charge in [0.2, 0.25) is 0 Å². The minimum absolute atomic E-state index is 0.0611. The number of pyridine rings is 1. The number of benzene rings is 1. The number of alkyl halides is 2.